The fraction of sp³-hybridized carbons (Fsp3) is 0.762. The lowest BCUT2D eigenvalue weighted by atomic mass is 9.86. The molecule has 1 saturated heterocycles. The molecule has 1 amide bonds. The van der Waals surface area contributed by atoms with E-state index in [9.17, 15) is 14.7 Å². The Morgan fingerprint density at radius 1 is 1.23 bits per heavy atom. The summed E-state index contributed by atoms with van der Waals surface area (Å²) in [5.41, 5.74) is -0.451. The Bertz CT molecular complexity index is 728. The highest BCUT2D eigenvalue weighted by molar-refractivity contribution is 5.89. The van der Waals surface area contributed by atoms with Crippen LogP contribution in [-0.4, -0.2) is 51.8 Å². The summed E-state index contributed by atoms with van der Waals surface area (Å²) >= 11 is 0. The summed E-state index contributed by atoms with van der Waals surface area (Å²) in [5.74, 6) is -0.623. The highest BCUT2D eigenvalue weighted by Crippen LogP contribution is 2.28. The molecule has 2 fully saturated rings. The van der Waals surface area contributed by atoms with Gasteiger partial charge in [-0.15, -0.1) is 5.10 Å². The van der Waals surface area contributed by atoms with E-state index in [4.69, 9.17) is 14.2 Å². The van der Waals surface area contributed by atoms with Crippen LogP contribution in [0.25, 0.3) is 0 Å². The number of ether oxygens (including phenoxy) is 3. The molecule has 30 heavy (non-hydrogen) atoms. The van der Waals surface area contributed by atoms with Crippen molar-refractivity contribution in [2.75, 3.05) is 13.2 Å². The molecular weight excluding hydrogens is 390 g/mol. The summed E-state index contributed by atoms with van der Waals surface area (Å²) in [6.45, 7) is 6.58. The maximum absolute atomic E-state index is 11.9. The van der Waals surface area contributed by atoms with Gasteiger partial charge in [0, 0.05) is 18.8 Å². The van der Waals surface area contributed by atoms with Crippen LogP contribution in [0.2, 0.25) is 0 Å². The van der Waals surface area contributed by atoms with Crippen LogP contribution >= 0.6 is 0 Å². The molecule has 0 bridgehead atoms. The minimum absolute atomic E-state index is 0.0597. The molecular formula is C21H33N3O6. The average Bonchev–Trinajstić information content (AvgIpc) is 3.11. The number of alkyl carbamates (subject to hydrolysis) is 1. The number of hydrogen-bond donors (Lipinski definition) is 2. The van der Waals surface area contributed by atoms with Crippen molar-refractivity contribution in [1.29, 1.82) is 0 Å². The quantitative estimate of drug-likeness (QED) is 0.717. The summed E-state index contributed by atoms with van der Waals surface area (Å²) in [6.07, 6.45) is 7.18. The van der Waals surface area contributed by atoms with Gasteiger partial charge in [-0.1, -0.05) is 0 Å². The molecule has 0 radical (unpaired) electrons. The smallest absolute Gasteiger partial charge is 0.407 e. The molecule has 0 spiro atoms. The van der Waals surface area contributed by atoms with Gasteiger partial charge in [-0.3, -0.25) is 0 Å². The van der Waals surface area contributed by atoms with Crippen LogP contribution in [-0.2, 0) is 9.47 Å². The van der Waals surface area contributed by atoms with E-state index in [0.717, 1.165) is 44.9 Å². The van der Waals surface area contributed by atoms with Crippen molar-refractivity contribution in [2.45, 2.75) is 83.6 Å². The molecule has 1 aromatic rings. The van der Waals surface area contributed by atoms with Crippen LogP contribution in [0.5, 0.6) is 5.88 Å². The van der Waals surface area contributed by atoms with E-state index in [2.05, 4.69) is 10.4 Å². The van der Waals surface area contributed by atoms with E-state index >= 15 is 0 Å². The number of hydrogen-bond acceptors (Lipinski definition) is 6. The molecule has 1 saturated carbocycles. The fourth-order valence-corrected chi connectivity index (χ4v) is 3.85. The van der Waals surface area contributed by atoms with Gasteiger partial charge < -0.3 is 24.6 Å². The van der Waals surface area contributed by atoms with Gasteiger partial charge in [-0.25, -0.2) is 14.3 Å². The minimum atomic E-state index is -1.06. The maximum Gasteiger partial charge on any atom is 0.407 e. The third-order valence-electron chi connectivity index (χ3n) is 5.40. The van der Waals surface area contributed by atoms with Gasteiger partial charge >= 0.3 is 12.1 Å². The Hall–Kier alpha value is -2.29. The van der Waals surface area contributed by atoms with Gasteiger partial charge in [0.05, 0.1) is 6.61 Å². The number of aromatic carboxylic acids is 1. The van der Waals surface area contributed by atoms with Crippen LogP contribution in [0.4, 0.5) is 4.79 Å². The number of carboxylic acids is 1. The molecule has 1 atom stereocenters. The van der Waals surface area contributed by atoms with Gasteiger partial charge in [0.25, 0.3) is 0 Å². The SMILES string of the molecule is CC(C)(C)OC(=O)NC1CCC(COc2nn(C3CCCCO3)cc2C(=O)O)CC1. The van der Waals surface area contributed by atoms with Crippen molar-refractivity contribution in [1.82, 2.24) is 15.1 Å². The molecule has 1 unspecified atom stereocenters. The Morgan fingerprint density at radius 2 is 1.97 bits per heavy atom. The van der Waals surface area contributed by atoms with Crippen molar-refractivity contribution < 1.29 is 28.9 Å². The molecule has 1 aromatic heterocycles. The second-order valence-corrected chi connectivity index (χ2v) is 9.13. The van der Waals surface area contributed by atoms with E-state index in [1.165, 1.54) is 6.20 Å². The first-order valence-corrected chi connectivity index (χ1v) is 10.8. The van der Waals surface area contributed by atoms with Gasteiger partial charge in [-0.2, -0.15) is 0 Å². The predicted molar refractivity (Wildman–Crippen MR) is 109 cm³/mol. The summed E-state index contributed by atoms with van der Waals surface area (Å²) in [7, 11) is 0. The van der Waals surface area contributed by atoms with Crippen LogP contribution < -0.4 is 10.1 Å². The zero-order chi connectivity index (χ0) is 21.7. The van der Waals surface area contributed by atoms with Crippen molar-refractivity contribution in [3.63, 3.8) is 0 Å². The summed E-state index contributed by atoms with van der Waals surface area (Å²) < 4.78 is 18.4. The first kappa shape index (κ1) is 22.4. The number of carboxylic acid groups (broad SMARTS) is 1. The lowest BCUT2D eigenvalue weighted by Gasteiger charge is -2.29. The molecule has 1 aliphatic carbocycles. The number of nitrogens with one attached hydrogen (secondary N) is 1. The Morgan fingerprint density at radius 3 is 2.57 bits per heavy atom. The van der Waals surface area contributed by atoms with Crippen LogP contribution in [0.1, 0.15) is 82.3 Å². The Labute approximate surface area is 177 Å². The van der Waals surface area contributed by atoms with E-state index in [-0.39, 0.29) is 29.8 Å². The fourth-order valence-electron chi connectivity index (χ4n) is 3.85. The molecule has 3 rings (SSSR count). The van der Waals surface area contributed by atoms with Gasteiger partial charge in [0.1, 0.15) is 17.4 Å². The summed E-state index contributed by atoms with van der Waals surface area (Å²) in [4.78, 5) is 23.5. The van der Waals surface area contributed by atoms with Crippen molar-refractivity contribution in [2.24, 2.45) is 5.92 Å². The molecule has 9 nitrogen and oxygen atoms in total. The normalized spacial score (nSPS) is 24.8. The number of carbonyl (C=O) groups is 2. The van der Waals surface area contributed by atoms with Crippen molar-refractivity contribution in [3.05, 3.63) is 11.8 Å². The lowest BCUT2D eigenvalue weighted by Crippen LogP contribution is -2.41. The second-order valence-electron chi connectivity index (χ2n) is 9.13. The van der Waals surface area contributed by atoms with Gasteiger partial charge in [0.15, 0.2) is 0 Å². The van der Waals surface area contributed by atoms with Gasteiger partial charge in [-0.05, 0) is 71.6 Å². The van der Waals surface area contributed by atoms with E-state index in [1.54, 1.807) is 4.68 Å². The number of carbonyl (C=O) groups excluding carboxylic acids is 1. The topological polar surface area (TPSA) is 112 Å². The Kier molecular flexibility index (Phi) is 7.23. The van der Waals surface area contributed by atoms with Crippen LogP contribution in [0, 0.1) is 5.92 Å². The molecule has 0 aromatic carbocycles. The monoisotopic (exact) mass is 423 g/mol. The summed E-state index contributed by atoms with van der Waals surface area (Å²) in [6, 6.07) is 0.0911. The lowest BCUT2D eigenvalue weighted by molar-refractivity contribution is -0.0401. The first-order chi connectivity index (χ1) is 14.2. The minimum Gasteiger partial charge on any atom is -0.477 e. The average molecular weight is 424 g/mol. The van der Waals surface area contributed by atoms with E-state index < -0.39 is 11.6 Å². The molecule has 2 N–H and O–H groups in total. The van der Waals surface area contributed by atoms with Crippen LogP contribution in [0.15, 0.2) is 6.20 Å². The standard InChI is InChI=1S/C21H33N3O6/c1-21(2,3)30-20(27)22-15-9-7-14(8-10-15)13-29-18-16(19(25)26)12-24(23-18)17-6-4-5-11-28-17/h12,14-15,17H,4-11,13H2,1-3H3,(H,22,27)(H,25,26). The largest absolute Gasteiger partial charge is 0.477 e. The molecule has 9 heteroatoms. The highest BCUT2D eigenvalue weighted by Gasteiger charge is 2.27. The zero-order valence-corrected chi connectivity index (χ0v) is 18.1. The number of amides is 1. The third kappa shape index (κ3) is 6.35. The first-order valence-electron chi connectivity index (χ1n) is 10.8. The van der Waals surface area contributed by atoms with Crippen LogP contribution in [0.3, 0.4) is 0 Å². The van der Waals surface area contributed by atoms with Crippen molar-refractivity contribution in [3.8, 4) is 5.88 Å². The molecule has 168 valence electrons. The number of nitrogens with zero attached hydrogens (tertiary/aromatic N) is 2. The second kappa shape index (κ2) is 9.68. The molecule has 2 heterocycles. The van der Waals surface area contributed by atoms with Gasteiger partial charge in [0.2, 0.25) is 5.88 Å². The van der Waals surface area contributed by atoms with E-state index in [0.29, 0.717) is 19.1 Å². The number of rotatable bonds is 6. The van der Waals surface area contributed by atoms with Crippen molar-refractivity contribution >= 4 is 12.1 Å². The third-order valence-corrected chi connectivity index (χ3v) is 5.40. The summed E-state index contributed by atoms with van der Waals surface area (Å²) in [5, 5.41) is 16.8. The highest BCUT2D eigenvalue weighted by atomic mass is 16.6. The predicted octanol–water partition coefficient (Wildman–Crippen LogP) is 3.74. The number of aromatic nitrogens is 2. The zero-order valence-electron chi connectivity index (χ0n) is 18.1. The Balaban J connectivity index is 1.48. The molecule has 2 aliphatic rings. The van der Waals surface area contributed by atoms with E-state index in [1.807, 2.05) is 20.8 Å². The maximum atomic E-state index is 11.9. The molecule has 1 aliphatic heterocycles.